The zero-order chi connectivity index (χ0) is 15.6. The number of para-hydroxylation sites is 1. The van der Waals surface area contributed by atoms with Crippen molar-refractivity contribution in [2.24, 2.45) is 11.8 Å². The predicted octanol–water partition coefficient (Wildman–Crippen LogP) is 2.75. The summed E-state index contributed by atoms with van der Waals surface area (Å²) in [7, 11) is 0. The Morgan fingerprint density at radius 3 is 2.14 bits per heavy atom. The van der Waals surface area contributed by atoms with Crippen LogP contribution < -0.4 is 5.32 Å². The van der Waals surface area contributed by atoms with Gasteiger partial charge < -0.3 is 10.2 Å². The van der Waals surface area contributed by atoms with Crippen LogP contribution in [0.5, 0.6) is 0 Å². The molecule has 0 aliphatic carbocycles. The molecule has 4 nitrogen and oxygen atoms in total. The van der Waals surface area contributed by atoms with E-state index in [1.807, 2.05) is 32.0 Å². The first-order valence-electron chi connectivity index (χ1n) is 7.55. The summed E-state index contributed by atoms with van der Waals surface area (Å²) in [6.45, 7) is 9.45. The molecular weight excluding hydrogens is 264 g/mol. The summed E-state index contributed by atoms with van der Waals surface area (Å²) >= 11 is 0. The van der Waals surface area contributed by atoms with E-state index in [4.69, 9.17) is 0 Å². The Labute approximate surface area is 126 Å². The molecule has 0 radical (unpaired) electrons. The van der Waals surface area contributed by atoms with Gasteiger partial charge in [-0.15, -0.1) is 0 Å². The van der Waals surface area contributed by atoms with Gasteiger partial charge in [-0.25, -0.2) is 0 Å². The normalized spacial score (nSPS) is 22.0. The van der Waals surface area contributed by atoms with Gasteiger partial charge in [0, 0.05) is 18.8 Å². The number of piperidine rings is 1. The number of rotatable bonds is 1. The minimum Gasteiger partial charge on any atom is -0.334 e. The van der Waals surface area contributed by atoms with Crippen molar-refractivity contribution in [1.29, 1.82) is 0 Å². The van der Waals surface area contributed by atoms with Crippen molar-refractivity contribution in [1.82, 2.24) is 4.90 Å². The molecule has 2 atom stereocenters. The summed E-state index contributed by atoms with van der Waals surface area (Å²) in [4.78, 5) is 26.2. The van der Waals surface area contributed by atoms with Gasteiger partial charge in [0.1, 0.15) is 0 Å². The standard InChI is InChI=1S/C17H24N2O2/c1-11-8-12(2)10-19(9-11)17(21)16(20)18-15-13(3)6-5-7-14(15)4/h5-7,11-12H,8-10H2,1-4H3,(H,18,20). The fourth-order valence-electron chi connectivity index (χ4n) is 3.15. The second-order valence-electron chi connectivity index (χ2n) is 6.38. The number of hydrogen-bond donors (Lipinski definition) is 1. The number of nitrogens with one attached hydrogen (secondary N) is 1. The lowest BCUT2D eigenvalue weighted by atomic mass is 9.92. The Morgan fingerprint density at radius 2 is 1.62 bits per heavy atom. The van der Waals surface area contributed by atoms with Crippen LogP contribution in [0.25, 0.3) is 0 Å². The van der Waals surface area contributed by atoms with Crippen molar-refractivity contribution < 1.29 is 9.59 Å². The van der Waals surface area contributed by atoms with Crippen molar-refractivity contribution in [3.05, 3.63) is 29.3 Å². The van der Waals surface area contributed by atoms with Gasteiger partial charge in [0.25, 0.3) is 0 Å². The molecule has 4 heteroatoms. The number of amides is 2. The maximum Gasteiger partial charge on any atom is 0.313 e. The Hall–Kier alpha value is -1.84. The summed E-state index contributed by atoms with van der Waals surface area (Å²) in [5.41, 5.74) is 2.68. The number of benzene rings is 1. The Bertz CT molecular complexity index is 523. The summed E-state index contributed by atoms with van der Waals surface area (Å²) in [5.74, 6) is -0.0545. The summed E-state index contributed by atoms with van der Waals surface area (Å²) in [6, 6.07) is 5.80. The maximum atomic E-state index is 12.3. The fourth-order valence-corrected chi connectivity index (χ4v) is 3.15. The molecule has 0 bridgehead atoms. The zero-order valence-electron chi connectivity index (χ0n) is 13.3. The Kier molecular flexibility index (Phi) is 4.66. The maximum absolute atomic E-state index is 12.3. The van der Waals surface area contributed by atoms with Crippen LogP contribution in [0, 0.1) is 25.7 Å². The third-order valence-electron chi connectivity index (χ3n) is 4.07. The van der Waals surface area contributed by atoms with E-state index < -0.39 is 11.8 Å². The first-order valence-corrected chi connectivity index (χ1v) is 7.55. The van der Waals surface area contributed by atoms with E-state index in [0.717, 1.165) is 23.2 Å². The average molecular weight is 288 g/mol. The van der Waals surface area contributed by atoms with E-state index >= 15 is 0 Å². The molecule has 1 aliphatic heterocycles. The van der Waals surface area contributed by atoms with Gasteiger partial charge >= 0.3 is 11.8 Å². The molecule has 1 fully saturated rings. The van der Waals surface area contributed by atoms with Crippen LogP contribution in [0.4, 0.5) is 5.69 Å². The number of anilines is 1. The first kappa shape index (κ1) is 15.5. The third-order valence-corrected chi connectivity index (χ3v) is 4.07. The highest BCUT2D eigenvalue weighted by molar-refractivity contribution is 6.39. The second-order valence-corrected chi connectivity index (χ2v) is 6.38. The van der Waals surface area contributed by atoms with Crippen LogP contribution in [0.1, 0.15) is 31.4 Å². The van der Waals surface area contributed by atoms with E-state index in [1.54, 1.807) is 4.90 Å². The lowest BCUT2D eigenvalue weighted by Gasteiger charge is -2.34. The lowest BCUT2D eigenvalue weighted by molar-refractivity contribution is -0.144. The molecule has 0 aromatic heterocycles. The molecule has 21 heavy (non-hydrogen) atoms. The molecule has 2 rings (SSSR count). The van der Waals surface area contributed by atoms with Crippen LogP contribution in [0.3, 0.4) is 0 Å². The first-order chi connectivity index (χ1) is 9.88. The number of carbonyl (C=O) groups is 2. The van der Waals surface area contributed by atoms with Crippen LogP contribution in [0.15, 0.2) is 18.2 Å². The fraction of sp³-hybridized carbons (Fsp3) is 0.529. The minimum absolute atomic E-state index is 0.420. The Morgan fingerprint density at radius 1 is 1.10 bits per heavy atom. The van der Waals surface area contributed by atoms with Crippen LogP contribution in [-0.4, -0.2) is 29.8 Å². The largest absolute Gasteiger partial charge is 0.334 e. The van der Waals surface area contributed by atoms with Crippen molar-refractivity contribution in [2.75, 3.05) is 18.4 Å². The number of aryl methyl sites for hydroxylation is 2. The number of hydrogen-bond acceptors (Lipinski definition) is 2. The highest BCUT2D eigenvalue weighted by Gasteiger charge is 2.29. The van der Waals surface area contributed by atoms with Gasteiger partial charge in [0.15, 0.2) is 0 Å². The molecule has 0 spiro atoms. The van der Waals surface area contributed by atoms with Gasteiger partial charge in [0.2, 0.25) is 0 Å². The van der Waals surface area contributed by atoms with Gasteiger partial charge in [-0.2, -0.15) is 0 Å². The summed E-state index contributed by atoms with van der Waals surface area (Å²) < 4.78 is 0. The van der Waals surface area contributed by atoms with Gasteiger partial charge in [-0.05, 0) is 43.2 Å². The molecular formula is C17H24N2O2. The van der Waals surface area contributed by atoms with Crippen LogP contribution in [-0.2, 0) is 9.59 Å². The molecule has 2 unspecified atom stereocenters. The van der Waals surface area contributed by atoms with Crippen molar-refractivity contribution in [2.45, 2.75) is 34.1 Å². The van der Waals surface area contributed by atoms with Crippen LogP contribution in [0.2, 0.25) is 0 Å². The topological polar surface area (TPSA) is 49.4 Å². The van der Waals surface area contributed by atoms with Crippen molar-refractivity contribution in [3.63, 3.8) is 0 Å². The van der Waals surface area contributed by atoms with E-state index in [1.165, 1.54) is 0 Å². The molecule has 1 aliphatic rings. The number of likely N-dealkylation sites (tertiary alicyclic amines) is 1. The van der Waals surface area contributed by atoms with E-state index in [0.29, 0.717) is 24.9 Å². The van der Waals surface area contributed by atoms with E-state index in [2.05, 4.69) is 19.2 Å². The Balaban J connectivity index is 2.08. The van der Waals surface area contributed by atoms with E-state index in [-0.39, 0.29) is 0 Å². The predicted molar refractivity (Wildman–Crippen MR) is 84.1 cm³/mol. The van der Waals surface area contributed by atoms with Crippen LogP contribution >= 0.6 is 0 Å². The van der Waals surface area contributed by atoms with E-state index in [9.17, 15) is 9.59 Å². The van der Waals surface area contributed by atoms with Crippen molar-refractivity contribution in [3.8, 4) is 0 Å². The molecule has 1 aromatic carbocycles. The lowest BCUT2D eigenvalue weighted by Crippen LogP contribution is -2.47. The molecule has 1 N–H and O–H groups in total. The molecule has 1 heterocycles. The molecule has 114 valence electrons. The van der Waals surface area contributed by atoms with Crippen molar-refractivity contribution >= 4 is 17.5 Å². The minimum atomic E-state index is -0.534. The number of carbonyl (C=O) groups excluding carboxylic acids is 2. The monoisotopic (exact) mass is 288 g/mol. The molecule has 2 amide bonds. The molecule has 1 saturated heterocycles. The number of nitrogens with zero attached hydrogens (tertiary/aromatic N) is 1. The highest BCUT2D eigenvalue weighted by Crippen LogP contribution is 2.22. The highest BCUT2D eigenvalue weighted by atomic mass is 16.2. The third kappa shape index (κ3) is 3.63. The quantitative estimate of drug-likeness (QED) is 0.808. The summed E-state index contributed by atoms with van der Waals surface area (Å²) in [6.07, 6.45) is 1.11. The van der Waals surface area contributed by atoms with Gasteiger partial charge in [0.05, 0.1) is 0 Å². The smallest absolute Gasteiger partial charge is 0.313 e. The summed E-state index contributed by atoms with van der Waals surface area (Å²) in [5, 5.41) is 2.78. The zero-order valence-corrected chi connectivity index (χ0v) is 13.3. The SMILES string of the molecule is Cc1cccc(C)c1NC(=O)C(=O)N1CC(C)CC(C)C1. The van der Waals surface area contributed by atoms with Gasteiger partial charge in [-0.1, -0.05) is 32.0 Å². The van der Waals surface area contributed by atoms with Gasteiger partial charge in [-0.3, -0.25) is 9.59 Å². The molecule has 0 saturated carbocycles. The molecule has 1 aromatic rings. The second kappa shape index (κ2) is 6.29. The average Bonchev–Trinajstić information content (AvgIpc) is 2.41.